The summed E-state index contributed by atoms with van der Waals surface area (Å²) in [5, 5.41) is 7.49. The molecule has 0 fully saturated rings. The van der Waals surface area contributed by atoms with Crippen LogP contribution < -0.4 is 22.1 Å². The molecule has 8 nitrogen and oxygen atoms in total. The lowest BCUT2D eigenvalue weighted by molar-refractivity contribution is 0.727. The van der Waals surface area contributed by atoms with E-state index < -0.39 is 0 Å². The van der Waals surface area contributed by atoms with Crippen LogP contribution in [-0.2, 0) is 0 Å². The van der Waals surface area contributed by atoms with Gasteiger partial charge < -0.3 is 27.5 Å². The largest absolute Gasteiger partial charge is 0.383 e. The second kappa shape index (κ2) is 5.61. The zero-order chi connectivity index (χ0) is 15.6. The molecule has 1 atom stereocenters. The highest BCUT2D eigenvalue weighted by Gasteiger charge is 2.20. The minimum Gasteiger partial charge on any atom is -0.383 e. The van der Waals surface area contributed by atoms with E-state index in [4.69, 9.17) is 22.6 Å². The summed E-state index contributed by atoms with van der Waals surface area (Å²) in [6.45, 7) is 1.95. The third kappa shape index (κ3) is 2.69. The zero-order valence-corrected chi connectivity index (χ0v) is 11.9. The predicted molar refractivity (Wildman–Crippen MR) is 84.2 cm³/mol. The van der Waals surface area contributed by atoms with Crippen molar-refractivity contribution in [1.82, 2.24) is 15.0 Å². The number of hydrogen-bond acceptors (Lipinski definition) is 8. The number of nitrogens with one attached hydrogen (secondary N) is 1. The Bertz CT molecular complexity index is 669. The van der Waals surface area contributed by atoms with Crippen molar-refractivity contribution in [3.8, 4) is 0 Å². The molecule has 0 spiro atoms. The van der Waals surface area contributed by atoms with E-state index in [9.17, 15) is 0 Å². The summed E-state index contributed by atoms with van der Waals surface area (Å²) in [6, 6.07) is 3.59. The van der Waals surface area contributed by atoms with Crippen LogP contribution in [0.3, 0.4) is 0 Å². The van der Waals surface area contributed by atoms with Gasteiger partial charge >= 0.3 is 0 Å². The Labute approximate surface area is 122 Å². The van der Waals surface area contributed by atoms with Gasteiger partial charge in [-0.25, -0.2) is 4.98 Å². The molecule has 0 aliphatic carbocycles. The van der Waals surface area contributed by atoms with Gasteiger partial charge in [0, 0.05) is 25.0 Å². The number of hydrogen-bond donors (Lipinski definition) is 4. The molecular weight excluding hydrogens is 268 g/mol. The van der Waals surface area contributed by atoms with Gasteiger partial charge in [-0.3, -0.25) is 0 Å². The Morgan fingerprint density at radius 3 is 2.57 bits per heavy atom. The van der Waals surface area contributed by atoms with Gasteiger partial charge in [0.1, 0.15) is 17.5 Å². The molecule has 0 bridgehead atoms. The standard InChI is InChI=1S/C13H18N8/c1-7(8-4-3-5-18-10(8)15)21(2)12-9(6-14)11(16)19-13(17)20-12/h3-7,14H,1-2H3,(H2,15,18)(H4,16,17,19,20). The molecule has 2 aromatic rings. The van der Waals surface area contributed by atoms with E-state index in [0.29, 0.717) is 17.2 Å². The van der Waals surface area contributed by atoms with E-state index in [1.165, 1.54) is 0 Å². The summed E-state index contributed by atoms with van der Waals surface area (Å²) in [4.78, 5) is 14.0. The number of pyridine rings is 1. The van der Waals surface area contributed by atoms with Crippen LogP contribution in [0.25, 0.3) is 0 Å². The molecule has 0 amide bonds. The summed E-state index contributed by atoms with van der Waals surface area (Å²) < 4.78 is 0. The van der Waals surface area contributed by atoms with Gasteiger partial charge in [-0.15, -0.1) is 0 Å². The molecule has 7 N–H and O–H groups in total. The Morgan fingerprint density at radius 1 is 1.24 bits per heavy atom. The van der Waals surface area contributed by atoms with Crippen molar-refractivity contribution in [2.45, 2.75) is 13.0 Å². The van der Waals surface area contributed by atoms with E-state index >= 15 is 0 Å². The first-order chi connectivity index (χ1) is 9.95. The lowest BCUT2D eigenvalue weighted by atomic mass is 10.1. The maximum Gasteiger partial charge on any atom is 0.223 e. The Morgan fingerprint density at radius 2 is 1.95 bits per heavy atom. The fraction of sp³-hybridized carbons (Fsp3) is 0.231. The third-order valence-corrected chi connectivity index (χ3v) is 3.35. The van der Waals surface area contributed by atoms with E-state index in [0.717, 1.165) is 11.8 Å². The molecule has 110 valence electrons. The monoisotopic (exact) mass is 286 g/mol. The van der Waals surface area contributed by atoms with Crippen molar-refractivity contribution in [1.29, 1.82) is 5.41 Å². The Kier molecular flexibility index (Phi) is 3.88. The minimum atomic E-state index is -0.119. The van der Waals surface area contributed by atoms with Crippen LogP contribution in [0.15, 0.2) is 18.3 Å². The zero-order valence-electron chi connectivity index (χ0n) is 11.9. The molecule has 0 aliphatic heterocycles. The number of rotatable bonds is 4. The Hall–Kier alpha value is -2.90. The maximum absolute atomic E-state index is 7.49. The molecule has 2 rings (SSSR count). The van der Waals surface area contributed by atoms with E-state index in [1.807, 2.05) is 31.0 Å². The van der Waals surface area contributed by atoms with Gasteiger partial charge in [-0.2, -0.15) is 9.97 Å². The first-order valence-corrected chi connectivity index (χ1v) is 6.32. The van der Waals surface area contributed by atoms with Crippen LogP contribution in [0.4, 0.5) is 23.4 Å². The van der Waals surface area contributed by atoms with Gasteiger partial charge in [-0.05, 0) is 13.0 Å². The Balaban J connectivity index is 2.47. The molecule has 0 saturated heterocycles. The predicted octanol–water partition coefficient (Wildman–Crippen LogP) is 0.813. The highest BCUT2D eigenvalue weighted by molar-refractivity contribution is 5.90. The molecule has 2 heterocycles. The van der Waals surface area contributed by atoms with Crippen LogP contribution in [0.5, 0.6) is 0 Å². The van der Waals surface area contributed by atoms with Gasteiger partial charge in [0.25, 0.3) is 0 Å². The maximum atomic E-state index is 7.49. The smallest absolute Gasteiger partial charge is 0.223 e. The van der Waals surface area contributed by atoms with Crippen molar-refractivity contribution in [2.75, 3.05) is 29.1 Å². The van der Waals surface area contributed by atoms with Gasteiger partial charge in [-0.1, -0.05) is 6.07 Å². The topological polar surface area (TPSA) is 144 Å². The quantitative estimate of drug-likeness (QED) is 0.609. The normalized spacial score (nSPS) is 11.9. The van der Waals surface area contributed by atoms with Crippen LogP contribution in [-0.4, -0.2) is 28.2 Å². The number of nitrogen functional groups attached to an aromatic ring is 3. The van der Waals surface area contributed by atoms with Crippen molar-refractivity contribution >= 4 is 29.6 Å². The molecule has 0 radical (unpaired) electrons. The van der Waals surface area contributed by atoms with Crippen LogP contribution in [0.2, 0.25) is 0 Å². The summed E-state index contributed by atoms with van der Waals surface area (Å²) in [5.74, 6) is 1.16. The first-order valence-electron chi connectivity index (χ1n) is 6.32. The average molecular weight is 286 g/mol. The summed E-state index contributed by atoms with van der Waals surface area (Å²) in [7, 11) is 1.82. The van der Waals surface area contributed by atoms with Crippen molar-refractivity contribution < 1.29 is 0 Å². The second-order valence-corrected chi connectivity index (χ2v) is 4.61. The van der Waals surface area contributed by atoms with Crippen molar-refractivity contribution in [3.05, 3.63) is 29.5 Å². The van der Waals surface area contributed by atoms with E-state index in [-0.39, 0.29) is 17.8 Å². The highest BCUT2D eigenvalue weighted by Crippen LogP contribution is 2.30. The molecule has 2 aromatic heterocycles. The number of anilines is 4. The fourth-order valence-corrected chi connectivity index (χ4v) is 2.07. The second-order valence-electron chi connectivity index (χ2n) is 4.61. The molecular formula is C13H18N8. The summed E-state index contributed by atoms with van der Waals surface area (Å²) in [6.07, 6.45) is 2.75. The third-order valence-electron chi connectivity index (χ3n) is 3.35. The van der Waals surface area contributed by atoms with Crippen molar-refractivity contribution in [3.63, 3.8) is 0 Å². The fourth-order valence-electron chi connectivity index (χ4n) is 2.07. The molecule has 1 unspecified atom stereocenters. The SMILES string of the molecule is CC(c1cccnc1N)N(C)c1nc(N)nc(N)c1C=N. The van der Waals surface area contributed by atoms with E-state index in [1.54, 1.807) is 6.20 Å². The summed E-state index contributed by atoms with van der Waals surface area (Å²) >= 11 is 0. The molecule has 0 saturated carbocycles. The minimum absolute atomic E-state index is 0.0614. The molecule has 8 heteroatoms. The molecule has 0 aliphatic rings. The van der Waals surface area contributed by atoms with Crippen LogP contribution in [0.1, 0.15) is 24.1 Å². The number of nitrogens with two attached hydrogens (primary N) is 3. The number of aromatic nitrogens is 3. The van der Waals surface area contributed by atoms with Gasteiger partial charge in [0.2, 0.25) is 5.95 Å². The summed E-state index contributed by atoms with van der Waals surface area (Å²) in [5.41, 5.74) is 18.6. The lowest BCUT2D eigenvalue weighted by Gasteiger charge is -2.28. The molecule has 0 aromatic carbocycles. The van der Waals surface area contributed by atoms with Gasteiger partial charge in [0.15, 0.2) is 0 Å². The average Bonchev–Trinajstić information content (AvgIpc) is 2.45. The van der Waals surface area contributed by atoms with E-state index in [2.05, 4.69) is 15.0 Å². The van der Waals surface area contributed by atoms with Crippen LogP contribution >= 0.6 is 0 Å². The molecule has 21 heavy (non-hydrogen) atoms. The number of nitrogens with zero attached hydrogens (tertiary/aromatic N) is 4. The van der Waals surface area contributed by atoms with Gasteiger partial charge in [0.05, 0.1) is 11.6 Å². The highest BCUT2D eigenvalue weighted by atomic mass is 15.2. The van der Waals surface area contributed by atoms with Crippen LogP contribution in [0, 0.1) is 5.41 Å². The lowest BCUT2D eigenvalue weighted by Crippen LogP contribution is -2.26. The van der Waals surface area contributed by atoms with Crippen molar-refractivity contribution in [2.24, 2.45) is 0 Å². The first kappa shape index (κ1) is 14.5.